The molecule has 30 heavy (non-hydrogen) atoms. The van der Waals surface area contributed by atoms with Gasteiger partial charge < -0.3 is 9.88 Å². The number of thiophene rings is 1. The third-order valence-electron chi connectivity index (χ3n) is 4.30. The van der Waals surface area contributed by atoms with E-state index in [4.69, 9.17) is 0 Å². The Balaban J connectivity index is 1.36. The number of amides is 1. The second-order valence-corrected chi connectivity index (χ2v) is 9.55. The van der Waals surface area contributed by atoms with E-state index in [2.05, 4.69) is 39.1 Å². The zero-order valence-electron chi connectivity index (χ0n) is 16.3. The second kappa shape index (κ2) is 9.97. The number of carbonyl (C=O) groups excluding carboxylic acids is 1. The zero-order chi connectivity index (χ0) is 20.8. The molecule has 1 amide bonds. The largest absolute Gasteiger partial charge is 0.324 e. The summed E-state index contributed by atoms with van der Waals surface area (Å²) in [5.41, 5.74) is 0.813. The Labute approximate surface area is 187 Å². The van der Waals surface area contributed by atoms with E-state index < -0.39 is 0 Å². The van der Waals surface area contributed by atoms with E-state index in [-0.39, 0.29) is 11.7 Å². The number of aromatic nitrogens is 3. The smallest absolute Gasteiger partial charge is 0.234 e. The summed E-state index contributed by atoms with van der Waals surface area (Å²) in [7, 11) is 1.94. The number of hydrogen-bond acceptors (Lipinski definition) is 6. The molecule has 2 heterocycles. The number of hydrogen-bond donors (Lipinski definition) is 1. The third kappa shape index (κ3) is 5.33. The number of benzene rings is 2. The highest BCUT2D eigenvalue weighted by Crippen LogP contribution is 2.33. The fraction of sp³-hybridized carbons (Fsp3) is 0.136. The van der Waals surface area contributed by atoms with Crippen LogP contribution in [0.1, 0.15) is 10.7 Å². The van der Waals surface area contributed by atoms with E-state index in [0.717, 1.165) is 32.9 Å². The summed E-state index contributed by atoms with van der Waals surface area (Å²) >= 11 is 4.73. The van der Waals surface area contributed by atoms with Crippen LogP contribution in [0.15, 0.2) is 87.1 Å². The van der Waals surface area contributed by atoms with Crippen molar-refractivity contribution in [3.8, 4) is 0 Å². The molecule has 0 saturated carbocycles. The molecule has 0 saturated heterocycles. The van der Waals surface area contributed by atoms with Crippen molar-refractivity contribution in [1.82, 2.24) is 14.8 Å². The van der Waals surface area contributed by atoms with Crippen LogP contribution < -0.4 is 5.32 Å². The summed E-state index contributed by atoms with van der Waals surface area (Å²) in [6.45, 7) is 0. The van der Waals surface area contributed by atoms with Gasteiger partial charge in [-0.3, -0.25) is 4.79 Å². The molecule has 152 valence electrons. The summed E-state index contributed by atoms with van der Waals surface area (Å²) in [5, 5.41) is 14.3. The molecule has 2 aromatic carbocycles. The van der Waals surface area contributed by atoms with E-state index in [1.165, 1.54) is 16.6 Å². The molecule has 0 aliphatic rings. The van der Waals surface area contributed by atoms with Gasteiger partial charge in [-0.25, -0.2) is 0 Å². The van der Waals surface area contributed by atoms with Gasteiger partial charge in [0.2, 0.25) is 5.91 Å². The molecule has 4 aromatic rings. The third-order valence-corrected chi connectivity index (χ3v) is 7.28. The number of thioether (sulfide) groups is 1. The van der Waals surface area contributed by atoms with Gasteiger partial charge in [0, 0.05) is 28.1 Å². The number of nitrogens with zero attached hydrogens (tertiary/aromatic N) is 3. The summed E-state index contributed by atoms with van der Waals surface area (Å²) < 4.78 is 1.96. The SMILES string of the molecule is Cn1c(Cc2cccs2)nnc1SCC(=O)Nc1ccccc1Sc1ccccc1. The zero-order valence-corrected chi connectivity index (χ0v) is 18.8. The maximum Gasteiger partial charge on any atom is 0.234 e. The second-order valence-electron chi connectivity index (χ2n) is 6.46. The first-order valence-electron chi connectivity index (χ1n) is 9.34. The fourth-order valence-electron chi connectivity index (χ4n) is 2.78. The highest BCUT2D eigenvalue weighted by Gasteiger charge is 2.13. The van der Waals surface area contributed by atoms with E-state index >= 15 is 0 Å². The molecule has 5 nitrogen and oxygen atoms in total. The van der Waals surface area contributed by atoms with Gasteiger partial charge in [-0.2, -0.15) is 0 Å². The molecule has 0 fully saturated rings. The van der Waals surface area contributed by atoms with Gasteiger partial charge in [-0.05, 0) is 35.7 Å². The predicted molar refractivity (Wildman–Crippen MR) is 124 cm³/mol. The first-order chi connectivity index (χ1) is 14.7. The quantitative estimate of drug-likeness (QED) is 0.365. The van der Waals surface area contributed by atoms with Crippen LogP contribution in [0.25, 0.3) is 0 Å². The summed E-state index contributed by atoms with van der Waals surface area (Å²) in [6.07, 6.45) is 0.748. The Kier molecular flexibility index (Phi) is 6.88. The Morgan fingerprint density at radius 2 is 1.83 bits per heavy atom. The van der Waals surface area contributed by atoms with Crippen molar-refractivity contribution in [2.24, 2.45) is 7.05 Å². The highest BCUT2D eigenvalue weighted by atomic mass is 32.2. The van der Waals surface area contributed by atoms with Crippen molar-refractivity contribution in [1.29, 1.82) is 0 Å². The molecule has 0 bridgehead atoms. The molecule has 0 aliphatic carbocycles. The number of carbonyl (C=O) groups is 1. The van der Waals surface area contributed by atoms with Crippen LogP contribution in [0.5, 0.6) is 0 Å². The normalized spacial score (nSPS) is 10.8. The predicted octanol–water partition coefficient (Wildman–Crippen LogP) is 5.35. The molecule has 0 unspecified atom stereocenters. The van der Waals surface area contributed by atoms with Gasteiger partial charge in [0.15, 0.2) is 5.16 Å². The van der Waals surface area contributed by atoms with Gasteiger partial charge in [0.05, 0.1) is 11.4 Å². The van der Waals surface area contributed by atoms with E-state index in [0.29, 0.717) is 0 Å². The Morgan fingerprint density at radius 1 is 1.03 bits per heavy atom. The number of rotatable bonds is 8. The molecule has 0 aliphatic heterocycles. The maximum absolute atomic E-state index is 12.6. The molecular formula is C22H20N4OS3. The first kappa shape index (κ1) is 20.7. The van der Waals surface area contributed by atoms with Gasteiger partial charge in [0.1, 0.15) is 5.82 Å². The summed E-state index contributed by atoms with van der Waals surface area (Å²) in [6, 6.07) is 22.1. The Bertz CT molecular complexity index is 1110. The van der Waals surface area contributed by atoms with Crippen molar-refractivity contribution in [3.05, 3.63) is 82.8 Å². The van der Waals surface area contributed by atoms with Gasteiger partial charge >= 0.3 is 0 Å². The van der Waals surface area contributed by atoms with Crippen LogP contribution in [0, 0.1) is 0 Å². The summed E-state index contributed by atoms with van der Waals surface area (Å²) in [4.78, 5) is 16.0. The van der Waals surface area contributed by atoms with Crippen molar-refractivity contribution >= 4 is 46.5 Å². The molecule has 4 rings (SSSR count). The molecule has 8 heteroatoms. The first-order valence-corrected chi connectivity index (χ1v) is 12.0. The molecule has 2 aromatic heterocycles. The monoisotopic (exact) mass is 452 g/mol. The minimum Gasteiger partial charge on any atom is -0.324 e. The van der Waals surface area contributed by atoms with Crippen molar-refractivity contribution in [3.63, 3.8) is 0 Å². The van der Waals surface area contributed by atoms with Crippen molar-refractivity contribution < 1.29 is 4.79 Å². The lowest BCUT2D eigenvalue weighted by atomic mass is 10.3. The van der Waals surface area contributed by atoms with E-state index in [9.17, 15) is 4.79 Å². The summed E-state index contributed by atoms with van der Waals surface area (Å²) in [5.74, 6) is 1.10. The minimum atomic E-state index is -0.0658. The van der Waals surface area contributed by atoms with Crippen LogP contribution >= 0.6 is 34.9 Å². The van der Waals surface area contributed by atoms with Crippen molar-refractivity contribution in [2.45, 2.75) is 21.4 Å². The number of para-hydroxylation sites is 1. The average Bonchev–Trinajstić information content (AvgIpc) is 3.39. The molecular weight excluding hydrogens is 432 g/mol. The topological polar surface area (TPSA) is 59.8 Å². The Morgan fingerprint density at radius 3 is 2.63 bits per heavy atom. The van der Waals surface area contributed by atoms with Crippen molar-refractivity contribution in [2.75, 3.05) is 11.1 Å². The molecule has 1 N–H and O–H groups in total. The van der Waals surface area contributed by atoms with E-state index in [1.54, 1.807) is 23.1 Å². The van der Waals surface area contributed by atoms with Gasteiger partial charge in [-0.1, -0.05) is 59.9 Å². The minimum absolute atomic E-state index is 0.0658. The lowest BCUT2D eigenvalue weighted by molar-refractivity contribution is -0.113. The maximum atomic E-state index is 12.6. The van der Waals surface area contributed by atoms with Crippen LogP contribution in [-0.4, -0.2) is 26.4 Å². The lowest BCUT2D eigenvalue weighted by Crippen LogP contribution is -2.15. The molecule has 0 spiro atoms. The lowest BCUT2D eigenvalue weighted by Gasteiger charge is -2.10. The number of anilines is 1. The van der Waals surface area contributed by atoms with E-state index in [1.807, 2.05) is 60.1 Å². The van der Waals surface area contributed by atoms with Gasteiger partial charge in [0.25, 0.3) is 0 Å². The molecule has 0 atom stereocenters. The average molecular weight is 453 g/mol. The van der Waals surface area contributed by atoms with Crippen LogP contribution in [0.4, 0.5) is 5.69 Å². The standard InChI is InChI=1S/C22H20N4OS3/c1-26-20(14-17-10-7-13-28-17)24-25-22(26)29-15-21(27)23-18-11-5-6-12-19(18)30-16-8-3-2-4-9-16/h2-13H,14-15H2,1H3,(H,23,27). The van der Waals surface area contributed by atoms with Crippen LogP contribution in [0.3, 0.4) is 0 Å². The Hall–Kier alpha value is -2.55. The highest BCUT2D eigenvalue weighted by molar-refractivity contribution is 8.00. The van der Waals surface area contributed by atoms with Gasteiger partial charge in [-0.15, -0.1) is 21.5 Å². The molecule has 0 radical (unpaired) electrons. The fourth-order valence-corrected chi connectivity index (χ4v) is 5.14. The van der Waals surface area contributed by atoms with Crippen LogP contribution in [-0.2, 0) is 18.3 Å². The number of nitrogens with one attached hydrogen (secondary N) is 1. The van der Waals surface area contributed by atoms with Crippen LogP contribution in [0.2, 0.25) is 0 Å².